The van der Waals surface area contributed by atoms with E-state index in [1.807, 2.05) is 0 Å². The minimum atomic E-state index is -4.83. The van der Waals surface area contributed by atoms with E-state index in [-0.39, 0.29) is 16.7 Å². The van der Waals surface area contributed by atoms with Crippen molar-refractivity contribution in [3.63, 3.8) is 0 Å². The molecule has 2 aromatic carbocycles. The van der Waals surface area contributed by atoms with Crippen LogP contribution in [0.3, 0.4) is 0 Å². The summed E-state index contributed by atoms with van der Waals surface area (Å²) in [5.74, 6) is -1.42. The summed E-state index contributed by atoms with van der Waals surface area (Å²) in [7, 11) is 0. The standard InChI is InChI=1S/C15H12F4O/c1-9(20)11-7-8-12(10-5-3-2-4-6-10)13(14(11)16)15(17,18)19/h2-9,20H,1H3. The fraction of sp³-hybridized carbons (Fsp3) is 0.200. The summed E-state index contributed by atoms with van der Waals surface area (Å²) in [5.41, 5.74) is -1.67. The molecular formula is C15H12F4O. The van der Waals surface area contributed by atoms with Crippen LogP contribution in [0.4, 0.5) is 17.6 Å². The van der Waals surface area contributed by atoms with E-state index in [4.69, 9.17) is 0 Å². The lowest BCUT2D eigenvalue weighted by molar-refractivity contribution is -0.139. The van der Waals surface area contributed by atoms with E-state index in [1.54, 1.807) is 18.2 Å². The van der Waals surface area contributed by atoms with E-state index < -0.39 is 23.7 Å². The lowest BCUT2D eigenvalue weighted by Crippen LogP contribution is -2.13. The summed E-state index contributed by atoms with van der Waals surface area (Å²) < 4.78 is 53.4. The van der Waals surface area contributed by atoms with Gasteiger partial charge >= 0.3 is 6.18 Å². The Morgan fingerprint density at radius 3 is 2.10 bits per heavy atom. The monoisotopic (exact) mass is 284 g/mol. The highest BCUT2D eigenvalue weighted by Crippen LogP contribution is 2.40. The molecule has 1 unspecified atom stereocenters. The summed E-state index contributed by atoms with van der Waals surface area (Å²) in [4.78, 5) is 0. The molecule has 0 saturated heterocycles. The van der Waals surface area contributed by atoms with Crippen molar-refractivity contribution < 1.29 is 22.7 Å². The highest BCUT2D eigenvalue weighted by molar-refractivity contribution is 5.69. The van der Waals surface area contributed by atoms with Crippen LogP contribution in [-0.2, 0) is 6.18 Å². The van der Waals surface area contributed by atoms with Crippen LogP contribution in [0.1, 0.15) is 24.2 Å². The van der Waals surface area contributed by atoms with Crippen LogP contribution in [0, 0.1) is 5.82 Å². The molecule has 106 valence electrons. The van der Waals surface area contributed by atoms with Crippen molar-refractivity contribution in [2.24, 2.45) is 0 Å². The van der Waals surface area contributed by atoms with Gasteiger partial charge in [-0.15, -0.1) is 0 Å². The molecule has 2 aromatic rings. The maximum Gasteiger partial charge on any atom is 0.419 e. The summed E-state index contributed by atoms with van der Waals surface area (Å²) in [6.07, 6.45) is -6.14. The molecule has 0 saturated carbocycles. The van der Waals surface area contributed by atoms with Gasteiger partial charge in [0.25, 0.3) is 0 Å². The Balaban J connectivity index is 2.74. The quantitative estimate of drug-likeness (QED) is 0.801. The fourth-order valence-corrected chi connectivity index (χ4v) is 2.05. The van der Waals surface area contributed by atoms with E-state index in [0.717, 1.165) is 0 Å². The van der Waals surface area contributed by atoms with Gasteiger partial charge in [-0.1, -0.05) is 42.5 Å². The molecule has 0 spiro atoms. The minimum absolute atomic E-state index is 0.236. The zero-order chi connectivity index (χ0) is 14.9. The zero-order valence-electron chi connectivity index (χ0n) is 10.6. The molecule has 0 aromatic heterocycles. The number of benzene rings is 2. The lowest BCUT2D eigenvalue weighted by Gasteiger charge is -2.17. The first-order chi connectivity index (χ1) is 9.32. The van der Waals surface area contributed by atoms with Gasteiger partial charge in [0.1, 0.15) is 5.82 Å². The zero-order valence-corrected chi connectivity index (χ0v) is 10.6. The van der Waals surface area contributed by atoms with Gasteiger partial charge < -0.3 is 5.11 Å². The molecule has 0 amide bonds. The molecule has 1 N–H and O–H groups in total. The van der Waals surface area contributed by atoms with Crippen molar-refractivity contribution in [1.82, 2.24) is 0 Å². The van der Waals surface area contributed by atoms with E-state index in [0.29, 0.717) is 0 Å². The molecule has 20 heavy (non-hydrogen) atoms. The van der Waals surface area contributed by atoms with Crippen LogP contribution >= 0.6 is 0 Å². The molecule has 0 radical (unpaired) electrons. The van der Waals surface area contributed by atoms with Crippen LogP contribution in [0.15, 0.2) is 42.5 Å². The third-order valence-electron chi connectivity index (χ3n) is 2.99. The Morgan fingerprint density at radius 1 is 1.00 bits per heavy atom. The van der Waals surface area contributed by atoms with Gasteiger partial charge in [-0.05, 0) is 18.1 Å². The Kier molecular flexibility index (Phi) is 3.81. The second kappa shape index (κ2) is 5.25. The van der Waals surface area contributed by atoms with Crippen molar-refractivity contribution in [2.45, 2.75) is 19.2 Å². The number of hydrogen-bond donors (Lipinski definition) is 1. The maximum atomic E-state index is 14.1. The third-order valence-corrected chi connectivity index (χ3v) is 2.99. The van der Waals surface area contributed by atoms with Crippen LogP contribution in [0.5, 0.6) is 0 Å². The van der Waals surface area contributed by atoms with Gasteiger partial charge in [0, 0.05) is 5.56 Å². The predicted molar refractivity (Wildman–Crippen MR) is 67.5 cm³/mol. The van der Waals surface area contributed by atoms with Crippen LogP contribution in [0.25, 0.3) is 11.1 Å². The second-order valence-electron chi connectivity index (χ2n) is 4.43. The van der Waals surface area contributed by atoms with Crippen LogP contribution in [-0.4, -0.2) is 5.11 Å². The molecule has 0 bridgehead atoms. The van der Waals surface area contributed by atoms with Crippen molar-refractivity contribution in [2.75, 3.05) is 0 Å². The summed E-state index contributed by atoms with van der Waals surface area (Å²) in [5, 5.41) is 9.35. The number of hydrogen-bond acceptors (Lipinski definition) is 1. The van der Waals surface area contributed by atoms with Crippen LogP contribution in [0.2, 0.25) is 0 Å². The van der Waals surface area contributed by atoms with Crippen LogP contribution < -0.4 is 0 Å². The average molecular weight is 284 g/mol. The first-order valence-electron chi connectivity index (χ1n) is 5.95. The number of rotatable bonds is 2. The first-order valence-corrected chi connectivity index (χ1v) is 5.95. The molecule has 0 heterocycles. The van der Waals surface area contributed by atoms with E-state index in [2.05, 4.69) is 0 Å². The molecule has 1 atom stereocenters. The van der Waals surface area contributed by atoms with Gasteiger partial charge in [0.15, 0.2) is 0 Å². The normalized spacial score (nSPS) is 13.3. The van der Waals surface area contributed by atoms with Crippen molar-refractivity contribution in [3.8, 4) is 11.1 Å². The summed E-state index contributed by atoms with van der Waals surface area (Å²) in [6, 6.07) is 10.1. The molecule has 0 aliphatic heterocycles. The Morgan fingerprint density at radius 2 is 1.60 bits per heavy atom. The number of halogens is 4. The van der Waals surface area contributed by atoms with Gasteiger partial charge in [-0.2, -0.15) is 13.2 Å². The Hall–Kier alpha value is -1.88. The first kappa shape index (κ1) is 14.5. The van der Waals surface area contributed by atoms with Gasteiger partial charge in [-0.3, -0.25) is 0 Å². The number of aliphatic hydroxyl groups is 1. The van der Waals surface area contributed by atoms with E-state index in [1.165, 1.54) is 31.2 Å². The smallest absolute Gasteiger partial charge is 0.389 e. The Labute approximate surface area is 113 Å². The van der Waals surface area contributed by atoms with E-state index >= 15 is 0 Å². The van der Waals surface area contributed by atoms with Crippen molar-refractivity contribution >= 4 is 0 Å². The number of alkyl halides is 3. The van der Waals surface area contributed by atoms with Crippen molar-refractivity contribution in [1.29, 1.82) is 0 Å². The maximum absolute atomic E-state index is 14.1. The molecule has 2 rings (SSSR count). The average Bonchev–Trinajstić information content (AvgIpc) is 2.37. The Bertz CT molecular complexity index is 603. The number of aliphatic hydroxyl groups excluding tert-OH is 1. The minimum Gasteiger partial charge on any atom is -0.389 e. The molecule has 0 fully saturated rings. The predicted octanol–water partition coefficient (Wildman–Crippen LogP) is 4.56. The SMILES string of the molecule is CC(O)c1ccc(-c2ccccc2)c(C(F)(F)F)c1F. The summed E-state index contributed by atoms with van der Waals surface area (Å²) in [6.45, 7) is 1.22. The largest absolute Gasteiger partial charge is 0.419 e. The van der Waals surface area contributed by atoms with Gasteiger partial charge in [0.2, 0.25) is 0 Å². The fourth-order valence-electron chi connectivity index (χ4n) is 2.05. The summed E-state index contributed by atoms with van der Waals surface area (Å²) >= 11 is 0. The van der Waals surface area contributed by atoms with E-state index in [9.17, 15) is 22.7 Å². The molecule has 1 nitrogen and oxygen atoms in total. The van der Waals surface area contributed by atoms with Crippen molar-refractivity contribution in [3.05, 3.63) is 59.4 Å². The highest BCUT2D eigenvalue weighted by Gasteiger charge is 2.38. The van der Waals surface area contributed by atoms with Gasteiger partial charge in [0.05, 0.1) is 11.7 Å². The molecule has 0 aliphatic rings. The molecule has 5 heteroatoms. The molecule has 0 aliphatic carbocycles. The molecular weight excluding hydrogens is 272 g/mol. The highest BCUT2D eigenvalue weighted by atomic mass is 19.4. The topological polar surface area (TPSA) is 20.2 Å². The lowest BCUT2D eigenvalue weighted by atomic mass is 9.95. The third kappa shape index (κ3) is 2.67. The second-order valence-corrected chi connectivity index (χ2v) is 4.43. The van der Waals surface area contributed by atoms with Gasteiger partial charge in [-0.25, -0.2) is 4.39 Å².